The maximum atomic E-state index is 5.23. The molecule has 106 valence electrons. The van der Waals surface area contributed by atoms with Gasteiger partial charge in [0.05, 0.1) is 12.6 Å². The van der Waals surface area contributed by atoms with Crippen molar-refractivity contribution in [2.24, 2.45) is 0 Å². The maximum Gasteiger partial charge on any atom is 0.119 e. The molecule has 0 saturated carbocycles. The minimum Gasteiger partial charge on any atom is -0.497 e. The van der Waals surface area contributed by atoms with Crippen LogP contribution in [0.15, 0.2) is 54.7 Å². The normalized spacial score (nSPS) is 10.6. The van der Waals surface area contributed by atoms with Crippen molar-refractivity contribution in [1.82, 2.24) is 4.98 Å². The molecule has 3 heteroatoms. The van der Waals surface area contributed by atoms with Crippen molar-refractivity contribution in [2.75, 3.05) is 12.4 Å². The molecule has 21 heavy (non-hydrogen) atoms. The number of ether oxygens (including phenoxy) is 1. The van der Waals surface area contributed by atoms with Crippen LogP contribution in [0.4, 0.5) is 5.69 Å². The molecule has 0 amide bonds. The van der Waals surface area contributed by atoms with Crippen LogP contribution in [0.3, 0.4) is 0 Å². The van der Waals surface area contributed by atoms with Gasteiger partial charge in [-0.1, -0.05) is 18.2 Å². The molecule has 1 aromatic heterocycles. The molecule has 2 aromatic carbocycles. The molecule has 0 aliphatic carbocycles. The highest BCUT2D eigenvalue weighted by molar-refractivity contribution is 5.82. The molecular weight excluding hydrogens is 260 g/mol. The van der Waals surface area contributed by atoms with E-state index in [9.17, 15) is 0 Å². The number of aromatic nitrogens is 1. The van der Waals surface area contributed by atoms with Gasteiger partial charge in [0, 0.05) is 23.8 Å². The highest BCUT2D eigenvalue weighted by Gasteiger charge is 2.03. The third-order valence-electron chi connectivity index (χ3n) is 3.64. The van der Waals surface area contributed by atoms with Crippen LogP contribution >= 0.6 is 0 Å². The molecule has 0 radical (unpaired) electrons. The molecule has 0 atom stereocenters. The molecule has 0 bridgehead atoms. The third kappa shape index (κ3) is 2.82. The molecule has 0 aliphatic heterocycles. The summed E-state index contributed by atoms with van der Waals surface area (Å²) in [5, 5.41) is 4.68. The van der Waals surface area contributed by atoms with Gasteiger partial charge in [-0.3, -0.25) is 4.98 Å². The Balaban J connectivity index is 1.84. The van der Waals surface area contributed by atoms with Gasteiger partial charge < -0.3 is 10.1 Å². The first-order valence-electron chi connectivity index (χ1n) is 6.99. The first-order chi connectivity index (χ1) is 10.3. The average molecular weight is 278 g/mol. The predicted molar refractivity (Wildman–Crippen MR) is 86.8 cm³/mol. The van der Waals surface area contributed by atoms with Gasteiger partial charge in [0.2, 0.25) is 0 Å². The zero-order valence-corrected chi connectivity index (χ0v) is 12.3. The molecule has 1 heterocycles. The minimum absolute atomic E-state index is 0.774. The third-order valence-corrected chi connectivity index (χ3v) is 3.64. The molecule has 3 aromatic rings. The first-order valence-corrected chi connectivity index (χ1v) is 6.99. The van der Waals surface area contributed by atoms with Gasteiger partial charge in [0.15, 0.2) is 0 Å². The van der Waals surface area contributed by atoms with Crippen LogP contribution < -0.4 is 10.1 Å². The Labute approximate surface area is 124 Å². The standard InChI is InChI=1S/C18H18N2O/c1-13-11-15(21-2)7-8-17(13)20-12-14-9-10-19-18-6-4-3-5-16(14)18/h3-11,20H,12H2,1-2H3. The molecule has 0 fully saturated rings. The van der Waals surface area contributed by atoms with Crippen LogP contribution in [-0.4, -0.2) is 12.1 Å². The van der Waals surface area contributed by atoms with Gasteiger partial charge in [0.1, 0.15) is 5.75 Å². The monoisotopic (exact) mass is 278 g/mol. The van der Waals surface area contributed by atoms with E-state index in [0.717, 1.165) is 23.5 Å². The SMILES string of the molecule is COc1ccc(NCc2ccnc3ccccc23)c(C)c1. The predicted octanol–water partition coefficient (Wildman–Crippen LogP) is 4.16. The molecule has 1 N–H and O–H groups in total. The van der Waals surface area contributed by atoms with Gasteiger partial charge in [-0.05, 0) is 48.4 Å². The Kier molecular flexibility index (Phi) is 3.73. The van der Waals surface area contributed by atoms with Crippen molar-refractivity contribution < 1.29 is 4.74 Å². The second-order valence-corrected chi connectivity index (χ2v) is 5.02. The molecule has 0 unspecified atom stereocenters. The Morgan fingerprint density at radius 3 is 2.76 bits per heavy atom. The number of aryl methyl sites for hydroxylation is 1. The van der Waals surface area contributed by atoms with Crippen LogP contribution in [0.25, 0.3) is 10.9 Å². The minimum atomic E-state index is 0.774. The smallest absolute Gasteiger partial charge is 0.119 e. The number of nitrogens with zero attached hydrogens (tertiary/aromatic N) is 1. The molecular formula is C18H18N2O. The summed E-state index contributed by atoms with van der Waals surface area (Å²) >= 11 is 0. The van der Waals surface area contributed by atoms with Gasteiger partial charge in [-0.2, -0.15) is 0 Å². The van der Waals surface area contributed by atoms with Gasteiger partial charge >= 0.3 is 0 Å². The second-order valence-electron chi connectivity index (χ2n) is 5.02. The average Bonchev–Trinajstić information content (AvgIpc) is 2.53. The molecule has 0 spiro atoms. The topological polar surface area (TPSA) is 34.1 Å². The summed E-state index contributed by atoms with van der Waals surface area (Å²) in [4.78, 5) is 4.39. The Bertz CT molecular complexity index is 763. The number of hydrogen-bond acceptors (Lipinski definition) is 3. The van der Waals surface area contributed by atoms with E-state index in [1.54, 1.807) is 7.11 Å². The van der Waals surface area contributed by atoms with Crippen molar-refractivity contribution in [3.05, 3.63) is 65.9 Å². The van der Waals surface area contributed by atoms with Crippen molar-refractivity contribution in [3.8, 4) is 5.75 Å². The summed E-state index contributed by atoms with van der Waals surface area (Å²) < 4.78 is 5.23. The number of anilines is 1. The second kappa shape index (κ2) is 5.83. The van der Waals surface area contributed by atoms with E-state index >= 15 is 0 Å². The fourth-order valence-electron chi connectivity index (χ4n) is 2.46. The van der Waals surface area contributed by atoms with Gasteiger partial charge in [-0.25, -0.2) is 0 Å². The Hall–Kier alpha value is -2.55. The lowest BCUT2D eigenvalue weighted by Crippen LogP contribution is -2.02. The van der Waals surface area contributed by atoms with Crippen LogP contribution in [0.1, 0.15) is 11.1 Å². The zero-order valence-electron chi connectivity index (χ0n) is 12.3. The maximum absolute atomic E-state index is 5.23. The molecule has 3 nitrogen and oxygen atoms in total. The summed E-state index contributed by atoms with van der Waals surface area (Å²) in [6, 6.07) is 16.3. The Morgan fingerprint density at radius 2 is 1.95 bits per heavy atom. The number of methoxy groups -OCH3 is 1. The van der Waals surface area contributed by atoms with Gasteiger partial charge in [0.25, 0.3) is 0 Å². The first kappa shape index (κ1) is 13.4. The summed E-state index contributed by atoms with van der Waals surface area (Å²) in [5.41, 5.74) is 4.57. The van der Waals surface area contributed by atoms with Crippen LogP contribution in [0.5, 0.6) is 5.75 Å². The van der Waals surface area contributed by atoms with E-state index in [1.807, 2.05) is 36.5 Å². The number of fused-ring (bicyclic) bond motifs is 1. The summed E-state index contributed by atoms with van der Waals surface area (Å²) in [6.07, 6.45) is 1.86. The number of benzene rings is 2. The van der Waals surface area contributed by atoms with Crippen LogP contribution in [0, 0.1) is 6.92 Å². The summed E-state index contributed by atoms with van der Waals surface area (Å²) in [7, 11) is 1.69. The number of rotatable bonds is 4. The zero-order chi connectivity index (χ0) is 14.7. The molecule has 0 saturated heterocycles. The fraction of sp³-hybridized carbons (Fsp3) is 0.167. The molecule has 3 rings (SSSR count). The largest absolute Gasteiger partial charge is 0.497 e. The van der Waals surface area contributed by atoms with E-state index in [1.165, 1.54) is 16.5 Å². The quantitative estimate of drug-likeness (QED) is 0.778. The highest BCUT2D eigenvalue weighted by Crippen LogP contribution is 2.23. The van der Waals surface area contributed by atoms with Crippen LogP contribution in [-0.2, 0) is 6.54 Å². The highest BCUT2D eigenvalue weighted by atomic mass is 16.5. The lowest BCUT2D eigenvalue weighted by molar-refractivity contribution is 0.414. The van der Waals surface area contributed by atoms with Crippen molar-refractivity contribution in [2.45, 2.75) is 13.5 Å². The van der Waals surface area contributed by atoms with Gasteiger partial charge in [-0.15, -0.1) is 0 Å². The lowest BCUT2D eigenvalue weighted by Gasteiger charge is -2.12. The lowest BCUT2D eigenvalue weighted by atomic mass is 10.1. The number of hydrogen-bond donors (Lipinski definition) is 1. The number of nitrogens with one attached hydrogen (secondary N) is 1. The Morgan fingerprint density at radius 1 is 1.10 bits per heavy atom. The fourth-order valence-corrected chi connectivity index (χ4v) is 2.46. The van der Waals surface area contributed by atoms with Crippen LogP contribution in [0.2, 0.25) is 0 Å². The van der Waals surface area contributed by atoms with E-state index in [-0.39, 0.29) is 0 Å². The van der Waals surface area contributed by atoms with E-state index in [2.05, 4.69) is 35.4 Å². The molecule has 0 aliphatic rings. The summed E-state index contributed by atoms with van der Waals surface area (Å²) in [5.74, 6) is 0.882. The number of para-hydroxylation sites is 1. The van der Waals surface area contributed by atoms with Crippen molar-refractivity contribution in [1.29, 1.82) is 0 Å². The van der Waals surface area contributed by atoms with E-state index in [4.69, 9.17) is 4.74 Å². The van der Waals surface area contributed by atoms with Crippen molar-refractivity contribution >= 4 is 16.6 Å². The number of pyridine rings is 1. The van der Waals surface area contributed by atoms with E-state index in [0.29, 0.717) is 0 Å². The summed E-state index contributed by atoms with van der Waals surface area (Å²) in [6.45, 7) is 2.85. The van der Waals surface area contributed by atoms with Crippen molar-refractivity contribution in [3.63, 3.8) is 0 Å². The van der Waals surface area contributed by atoms with E-state index < -0.39 is 0 Å².